The molecule has 0 amide bonds. The third kappa shape index (κ3) is 1.46. The summed E-state index contributed by atoms with van der Waals surface area (Å²) in [5.41, 5.74) is -0.138. The first-order valence-corrected chi connectivity index (χ1v) is 5.19. The van der Waals surface area contributed by atoms with E-state index in [4.69, 9.17) is 4.74 Å². The zero-order valence-electron chi connectivity index (χ0n) is 8.96. The summed E-state index contributed by atoms with van der Waals surface area (Å²) in [4.78, 5) is 21.6. The third-order valence-electron chi connectivity index (χ3n) is 2.85. The summed E-state index contributed by atoms with van der Waals surface area (Å²) in [5, 5.41) is 28.5. The number of aromatic amines is 1. The van der Waals surface area contributed by atoms with Crippen LogP contribution in [0.5, 0.6) is 0 Å². The molecule has 0 bridgehead atoms. The fourth-order valence-corrected chi connectivity index (χ4v) is 1.92. The van der Waals surface area contributed by atoms with Gasteiger partial charge >= 0.3 is 0 Å². The van der Waals surface area contributed by atoms with Crippen LogP contribution in [0.1, 0.15) is 6.23 Å². The fraction of sp³-hybridized carbons (Fsp3) is 0.444. The van der Waals surface area contributed by atoms with E-state index in [1.807, 2.05) is 0 Å². The van der Waals surface area contributed by atoms with E-state index < -0.39 is 30.3 Å². The van der Waals surface area contributed by atoms with Crippen LogP contribution in [0.25, 0.3) is 11.2 Å². The Morgan fingerprint density at radius 2 is 2.06 bits per heavy atom. The molecule has 1 aliphatic rings. The first-order valence-electron chi connectivity index (χ1n) is 5.19. The van der Waals surface area contributed by atoms with Crippen molar-refractivity contribution in [3.8, 4) is 0 Å². The first-order chi connectivity index (χ1) is 8.59. The van der Waals surface area contributed by atoms with Crippen molar-refractivity contribution in [3.05, 3.63) is 23.0 Å². The number of aromatic nitrogens is 4. The van der Waals surface area contributed by atoms with Gasteiger partial charge in [-0.05, 0) is 0 Å². The normalized spacial score (nSPS) is 32.2. The maximum absolute atomic E-state index is 11.4. The van der Waals surface area contributed by atoms with E-state index in [0.29, 0.717) is 0 Å². The number of ether oxygens (including phenoxy) is 1. The molecule has 1 aliphatic heterocycles. The highest BCUT2D eigenvalue weighted by atomic mass is 16.7. The Morgan fingerprint density at radius 3 is 2.72 bits per heavy atom. The van der Waals surface area contributed by atoms with Crippen molar-refractivity contribution in [2.24, 2.45) is 0 Å². The van der Waals surface area contributed by atoms with E-state index in [0.717, 1.165) is 0 Å². The fourth-order valence-electron chi connectivity index (χ4n) is 1.92. The molecule has 1 saturated heterocycles. The van der Waals surface area contributed by atoms with Gasteiger partial charge in [-0.25, -0.2) is 9.97 Å². The second kappa shape index (κ2) is 3.85. The van der Waals surface area contributed by atoms with Crippen LogP contribution in [-0.2, 0) is 4.74 Å². The van der Waals surface area contributed by atoms with Crippen LogP contribution >= 0.6 is 0 Å². The zero-order valence-corrected chi connectivity index (χ0v) is 8.96. The highest BCUT2D eigenvalue weighted by Gasteiger charge is 2.43. The molecule has 4 N–H and O–H groups in total. The molecule has 0 aromatic carbocycles. The number of hydrogen-bond acceptors (Lipinski definition) is 7. The van der Waals surface area contributed by atoms with Crippen LogP contribution in [0.2, 0.25) is 0 Å². The molecule has 0 saturated carbocycles. The third-order valence-corrected chi connectivity index (χ3v) is 2.85. The van der Waals surface area contributed by atoms with Gasteiger partial charge in [0, 0.05) is 0 Å². The van der Waals surface area contributed by atoms with Crippen LogP contribution in [0.4, 0.5) is 0 Å². The van der Waals surface area contributed by atoms with Gasteiger partial charge in [0.1, 0.15) is 12.2 Å². The number of nitrogens with zero attached hydrogens (tertiary/aromatic N) is 3. The molecule has 18 heavy (non-hydrogen) atoms. The van der Waals surface area contributed by atoms with Crippen molar-refractivity contribution in [1.29, 1.82) is 0 Å². The summed E-state index contributed by atoms with van der Waals surface area (Å²) in [6, 6.07) is 0. The highest BCUT2D eigenvalue weighted by molar-refractivity contribution is 5.68. The molecule has 9 heteroatoms. The smallest absolute Gasteiger partial charge is 0.278 e. The molecule has 0 aliphatic carbocycles. The van der Waals surface area contributed by atoms with E-state index in [-0.39, 0.29) is 11.2 Å². The number of H-pyrrole nitrogens is 1. The molecule has 0 unspecified atom stereocenters. The number of imidazole rings is 1. The maximum atomic E-state index is 11.4. The molecule has 3 rings (SSSR count). The SMILES string of the molecule is O=c1[nH]cnc2c1ncn2[C@@H]1O[C@@H](O)[C@@H](O)[C@H]1O. The van der Waals surface area contributed by atoms with Crippen LogP contribution in [-0.4, -0.2) is 53.3 Å². The van der Waals surface area contributed by atoms with Gasteiger partial charge in [0.05, 0.1) is 12.7 Å². The van der Waals surface area contributed by atoms with Crippen molar-refractivity contribution in [2.45, 2.75) is 24.7 Å². The molecule has 1 fully saturated rings. The summed E-state index contributed by atoms with van der Waals surface area (Å²) in [6.07, 6.45) is -2.85. The number of fused-ring (bicyclic) bond motifs is 1. The summed E-state index contributed by atoms with van der Waals surface area (Å²) >= 11 is 0. The van der Waals surface area contributed by atoms with Crippen LogP contribution < -0.4 is 5.56 Å². The summed E-state index contributed by atoms with van der Waals surface area (Å²) in [5.74, 6) is 0. The summed E-state index contributed by atoms with van der Waals surface area (Å²) in [7, 11) is 0. The molecule has 96 valence electrons. The maximum Gasteiger partial charge on any atom is 0.278 e. The number of rotatable bonds is 1. The van der Waals surface area contributed by atoms with Crippen molar-refractivity contribution < 1.29 is 20.1 Å². The number of nitrogens with one attached hydrogen (secondary N) is 1. The molecular weight excluding hydrogens is 244 g/mol. The van der Waals surface area contributed by atoms with Crippen LogP contribution in [0.15, 0.2) is 17.4 Å². The van der Waals surface area contributed by atoms with Gasteiger partial charge in [0.15, 0.2) is 23.7 Å². The molecule has 4 atom stereocenters. The Labute approximate surface area is 99.3 Å². The van der Waals surface area contributed by atoms with Crippen LogP contribution in [0.3, 0.4) is 0 Å². The van der Waals surface area contributed by atoms with E-state index in [1.54, 1.807) is 0 Å². The summed E-state index contributed by atoms with van der Waals surface area (Å²) in [6.45, 7) is 0. The van der Waals surface area contributed by atoms with Gasteiger partial charge in [-0.3, -0.25) is 9.36 Å². The van der Waals surface area contributed by atoms with Gasteiger partial charge < -0.3 is 25.0 Å². The minimum absolute atomic E-state index is 0.0872. The first kappa shape index (κ1) is 11.3. The van der Waals surface area contributed by atoms with Crippen LogP contribution in [0, 0.1) is 0 Å². The van der Waals surface area contributed by atoms with Crippen molar-refractivity contribution >= 4 is 11.2 Å². The Bertz CT molecular complexity index is 637. The second-order valence-electron chi connectivity index (χ2n) is 3.95. The van der Waals surface area contributed by atoms with Gasteiger partial charge in [-0.2, -0.15) is 0 Å². The lowest BCUT2D eigenvalue weighted by Gasteiger charge is -2.15. The lowest BCUT2D eigenvalue weighted by molar-refractivity contribution is -0.141. The van der Waals surface area contributed by atoms with Crippen molar-refractivity contribution in [1.82, 2.24) is 19.5 Å². The number of aliphatic hydroxyl groups excluding tert-OH is 3. The average molecular weight is 254 g/mol. The van der Waals surface area contributed by atoms with Crippen molar-refractivity contribution in [3.63, 3.8) is 0 Å². The lowest BCUT2D eigenvalue weighted by atomic mass is 10.2. The standard InChI is InChI=1S/C9H10N4O5/c14-4-5(15)9(17)18-8(4)13-2-12-3-6(13)10-1-11-7(3)16/h1-2,4-5,8-9,14-15,17H,(H,10,11,16)/t4-,5+,8-,9-/m1/s1. The molecule has 2 aromatic heterocycles. The lowest BCUT2D eigenvalue weighted by Crippen LogP contribution is -2.31. The summed E-state index contributed by atoms with van der Waals surface area (Å²) < 4.78 is 6.29. The molecule has 9 nitrogen and oxygen atoms in total. The predicted octanol–water partition coefficient (Wildman–Crippen LogP) is -2.31. The Morgan fingerprint density at radius 1 is 1.28 bits per heavy atom. The average Bonchev–Trinajstić information content (AvgIpc) is 2.88. The van der Waals surface area contributed by atoms with E-state index in [9.17, 15) is 20.1 Å². The highest BCUT2D eigenvalue weighted by Crippen LogP contribution is 2.29. The monoisotopic (exact) mass is 254 g/mol. The van der Waals surface area contributed by atoms with Crippen molar-refractivity contribution in [2.75, 3.05) is 0 Å². The van der Waals surface area contributed by atoms with Gasteiger partial charge in [0.25, 0.3) is 5.56 Å². The molecular formula is C9H10N4O5. The quantitative estimate of drug-likeness (QED) is 0.449. The van der Waals surface area contributed by atoms with E-state index >= 15 is 0 Å². The molecule has 0 radical (unpaired) electrons. The molecule has 3 heterocycles. The number of hydrogen-bond donors (Lipinski definition) is 4. The Hall–Kier alpha value is -1.81. The number of aliphatic hydroxyl groups is 3. The zero-order chi connectivity index (χ0) is 12.9. The molecule has 2 aromatic rings. The Kier molecular flexibility index (Phi) is 2.41. The van der Waals surface area contributed by atoms with Gasteiger partial charge in [-0.1, -0.05) is 0 Å². The van der Waals surface area contributed by atoms with E-state index in [2.05, 4.69) is 15.0 Å². The largest absolute Gasteiger partial charge is 0.385 e. The predicted molar refractivity (Wildman–Crippen MR) is 56.3 cm³/mol. The topological polar surface area (TPSA) is 133 Å². The minimum Gasteiger partial charge on any atom is -0.385 e. The second-order valence-corrected chi connectivity index (χ2v) is 3.95. The minimum atomic E-state index is -1.50. The Balaban J connectivity index is 2.11. The van der Waals surface area contributed by atoms with Gasteiger partial charge in [-0.15, -0.1) is 0 Å². The van der Waals surface area contributed by atoms with E-state index in [1.165, 1.54) is 17.2 Å². The van der Waals surface area contributed by atoms with Gasteiger partial charge in [0.2, 0.25) is 0 Å². The molecule has 0 spiro atoms.